The van der Waals surface area contributed by atoms with Gasteiger partial charge in [0.1, 0.15) is 23.0 Å². The minimum Gasteiger partial charge on any atom is -0.350 e. The molecule has 24 heavy (non-hydrogen) atoms. The van der Waals surface area contributed by atoms with Crippen molar-refractivity contribution in [1.29, 1.82) is 0 Å². The second kappa shape index (κ2) is 7.63. The Morgan fingerprint density at radius 2 is 2.25 bits per heavy atom. The van der Waals surface area contributed by atoms with E-state index in [4.69, 9.17) is 0 Å². The second-order valence-electron chi connectivity index (χ2n) is 6.24. The Balaban J connectivity index is 0.00000169. The molecule has 2 aliphatic heterocycles. The van der Waals surface area contributed by atoms with Crippen molar-refractivity contribution in [3.05, 3.63) is 17.8 Å². The van der Waals surface area contributed by atoms with Crippen LogP contribution in [0.2, 0.25) is 0 Å². The molecule has 2 N–H and O–H groups in total. The van der Waals surface area contributed by atoms with E-state index in [1.54, 1.807) is 17.7 Å². The molecule has 0 aromatic carbocycles. The summed E-state index contributed by atoms with van der Waals surface area (Å²) in [5.41, 5.74) is 0. The highest BCUT2D eigenvalue weighted by atomic mass is 35.5. The summed E-state index contributed by atoms with van der Waals surface area (Å²) in [5.74, 6) is 1.04. The third-order valence-electron chi connectivity index (χ3n) is 4.71. The molecule has 2 aromatic heterocycles. The maximum absolute atomic E-state index is 12.8. The summed E-state index contributed by atoms with van der Waals surface area (Å²) >= 11 is 1.61. The number of nitrogens with one attached hydrogen (secondary N) is 2. The summed E-state index contributed by atoms with van der Waals surface area (Å²) in [6, 6.07) is 2.19. The molecule has 1 unspecified atom stereocenters. The van der Waals surface area contributed by atoms with Gasteiger partial charge in [-0.15, -0.1) is 23.7 Å². The second-order valence-corrected chi connectivity index (χ2v) is 7.13. The molecule has 4 heterocycles. The first-order valence-electron chi connectivity index (χ1n) is 8.29. The lowest BCUT2D eigenvalue weighted by atomic mass is 10.1. The number of hydrogen-bond donors (Lipinski definition) is 2. The fourth-order valence-corrected chi connectivity index (χ4v) is 4.30. The van der Waals surface area contributed by atoms with E-state index >= 15 is 0 Å². The van der Waals surface area contributed by atoms with Crippen molar-refractivity contribution in [2.45, 2.75) is 37.8 Å². The largest absolute Gasteiger partial charge is 0.350 e. The predicted octanol–water partition coefficient (Wildman–Crippen LogP) is 1.95. The van der Waals surface area contributed by atoms with Crippen LogP contribution in [0.3, 0.4) is 0 Å². The van der Waals surface area contributed by atoms with Crippen LogP contribution in [0, 0.1) is 0 Å². The van der Waals surface area contributed by atoms with Gasteiger partial charge in [-0.2, -0.15) is 0 Å². The van der Waals surface area contributed by atoms with Crippen LogP contribution in [0.1, 0.15) is 25.7 Å². The van der Waals surface area contributed by atoms with Crippen molar-refractivity contribution >= 4 is 45.7 Å². The number of thiophene rings is 1. The number of anilines is 1. The average Bonchev–Trinajstić information content (AvgIpc) is 3.24. The number of amides is 1. The highest BCUT2D eigenvalue weighted by molar-refractivity contribution is 7.16. The van der Waals surface area contributed by atoms with Crippen LogP contribution in [-0.2, 0) is 4.79 Å². The van der Waals surface area contributed by atoms with E-state index in [1.165, 1.54) is 0 Å². The fourth-order valence-electron chi connectivity index (χ4n) is 3.57. The van der Waals surface area contributed by atoms with Gasteiger partial charge in [-0.25, -0.2) is 9.97 Å². The van der Waals surface area contributed by atoms with Crippen molar-refractivity contribution < 1.29 is 4.79 Å². The average molecular weight is 368 g/mol. The standard InChI is InChI=1S/C16H21N5OS.ClH/c22-15(20-11-3-1-6-17-9-11)13-4-2-7-21(13)14-12-5-8-23-16(12)19-10-18-14;/h5,8,10-11,13,17H,1-4,6-7,9H2,(H,20,22);1H/t11-,13?;/m0./s1. The van der Waals surface area contributed by atoms with Gasteiger partial charge in [-0.05, 0) is 43.7 Å². The van der Waals surface area contributed by atoms with Crippen molar-refractivity contribution in [2.24, 2.45) is 0 Å². The fraction of sp³-hybridized carbons (Fsp3) is 0.562. The zero-order valence-corrected chi connectivity index (χ0v) is 15.0. The Bertz CT molecular complexity index is 703. The quantitative estimate of drug-likeness (QED) is 0.867. The summed E-state index contributed by atoms with van der Waals surface area (Å²) in [7, 11) is 0. The molecule has 2 saturated heterocycles. The molecule has 130 valence electrons. The van der Waals surface area contributed by atoms with Crippen molar-refractivity contribution in [1.82, 2.24) is 20.6 Å². The van der Waals surface area contributed by atoms with Crippen LogP contribution in [0.25, 0.3) is 10.2 Å². The van der Waals surface area contributed by atoms with E-state index in [-0.39, 0.29) is 30.4 Å². The maximum Gasteiger partial charge on any atom is 0.243 e. The maximum atomic E-state index is 12.8. The van der Waals surface area contributed by atoms with E-state index in [2.05, 4.69) is 25.5 Å². The summed E-state index contributed by atoms with van der Waals surface area (Å²) in [6.07, 6.45) is 5.71. The third-order valence-corrected chi connectivity index (χ3v) is 5.53. The van der Waals surface area contributed by atoms with Crippen molar-refractivity contribution in [2.75, 3.05) is 24.5 Å². The summed E-state index contributed by atoms with van der Waals surface area (Å²) < 4.78 is 0. The Morgan fingerprint density at radius 1 is 1.33 bits per heavy atom. The first-order chi connectivity index (χ1) is 11.3. The minimum absolute atomic E-state index is 0. The van der Waals surface area contributed by atoms with Crippen LogP contribution in [0.4, 0.5) is 5.82 Å². The number of carbonyl (C=O) groups excluding carboxylic acids is 1. The van der Waals surface area contributed by atoms with Crippen LogP contribution >= 0.6 is 23.7 Å². The summed E-state index contributed by atoms with van der Waals surface area (Å²) in [6.45, 7) is 2.81. The van der Waals surface area contributed by atoms with E-state index in [9.17, 15) is 4.79 Å². The molecule has 4 rings (SSSR count). The molecule has 8 heteroatoms. The van der Waals surface area contributed by atoms with E-state index in [1.807, 2.05) is 11.4 Å². The topological polar surface area (TPSA) is 70.2 Å². The van der Waals surface area contributed by atoms with Gasteiger partial charge < -0.3 is 15.5 Å². The molecular formula is C16H22ClN5OS. The van der Waals surface area contributed by atoms with E-state index < -0.39 is 0 Å². The van der Waals surface area contributed by atoms with Crippen molar-refractivity contribution in [3.63, 3.8) is 0 Å². The van der Waals surface area contributed by atoms with Gasteiger partial charge in [0.25, 0.3) is 0 Å². The number of halogens is 1. The minimum atomic E-state index is -0.116. The Hall–Kier alpha value is -1.44. The number of hydrogen-bond acceptors (Lipinski definition) is 6. The molecule has 0 aliphatic carbocycles. The summed E-state index contributed by atoms with van der Waals surface area (Å²) in [4.78, 5) is 24.7. The van der Waals surface area contributed by atoms with Crippen molar-refractivity contribution in [3.8, 4) is 0 Å². The molecule has 1 amide bonds. The Labute approximate surface area is 151 Å². The lowest BCUT2D eigenvalue weighted by Crippen LogP contribution is -2.51. The van der Waals surface area contributed by atoms with Gasteiger partial charge in [0.15, 0.2) is 0 Å². The van der Waals surface area contributed by atoms with Crippen LogP contribution in [0.5, 0.6) is 0 Å². The first-order valence-corrected chi connectivity index (χ1v) is 9.17. The molecular weight excluding hydrogens is 346 g/mol. The van der Waals surface area contributed by atoms with E-state index in [0.29, 0.717) is 0 Å². The Morgan fingerprint density at radius 3 is 3.08 bits per heavy atom. The van der Waals surface area contributed by atoms with Gasteiger partial charge in [0.2, 0.25) is 5.91 Å². The highest BCUT2D eigenvalue weighted by Gasteiger charge is 2.33. The molecule has 2 aromatic rings. The molecule has 0 saturated carbocycles. The normalized spacial score (nSPS) is 23.9. The zero-order chi connectivity index (χ0) is 15.6. The van der Waals surface area contributed by atoms with Gasteiger partial charge in [-0.1, -0.05) is 0 Å². The number of rotatable bonds is 3. The monoisotopic (exact) mass is 367 g/mol. The number of carbonyl (C=O) groups is 1. The lowest BCUT2D eigenvalue weighted by Gasteiger charge is -2.29. The molecule has 2 fully saturated rings. The lowest BCUT2D eigenvalue weighted by molar-refractivity contribution is -0.123. The smallest absolute Gasteiger partial charge is 0.243 e. The third kappa shape index (κ3) is 3.34. The number of piperidine rings is 1. The summed E-state index contributed by atoms with van der Waals surface area (Å²) in [5, 5.41) is 9.65. The molecule has 6 nitrogen and oxygen atoms in total. The van der Waals surface area contributed by atoms with E-state index in [0.717, 1.165) is 61.4 Å². The molecule has 2 aliphatic rings. The predicted molar refractivity (Wildman–Crippen MR) is 99.1 cm³/mol. The first kappa shape index (κ1) is 17.4. The van der Waals surface area contributed by atoms with Crippen LogP contribution < -0.4 is 15.5 Å². The number of aromatic nitrogens is 2. The number of nitrogens with zero attached hydrogens (tertiary/aromatic N) is 3. The van der Waals surface area contributed by atoms with Gasteiger partial charge in [0, 0.05) is 19.1 Å². The van der Waals surface area contributed by atoms with Gasteiger partial charge in [0.05, 0.1) is 5.39 Å². The van der Waals surface area contributed by atoms with Gasteiger partial charge in [-0.3, -0.25) is 4.79 Å². The SMILES string of the molecule is Cl.O=C(N[C@H]1CCCNC1)C1CCCN1c1ncnc2sccc12. The number of fused-ring (bicyclic) bond motifs is 1. The van der Waals surface area contributed by atoms with Gasteiger partial charge >= 0.3 is 0 Å². The zero-order valence-electron chi connectivity index (χ0n) is 13.4. The molecule has 0 spiro atoms. The highest BCUT2D eigenvalue weighted by Crippen LogP contribution is 2.31. The molecule has 0 radical (unpaired) electrons. The molecule has 2 atom stereocenters. The van der Waals surface area contributed by atoms with Crippen LogP contribution in [-0.4, -0.2) is 47.6 Å². The van der Waals surface area contributed by atoms with Crippen LogP contribution in [0.15, 0.2) is 17.8 Å². The Kier molecular flexibility index (Phi) is 5.53. The molecule has 0 bridgehead atoms.